The second-order valence-corrected chi connectivity index (χ2v) is 3.94. The van der Waals surface area contributed by atoms with E-state index in [1.165, 1.54) is 0 Å². The molecular weight excluding hydrogens is 218 g/mol. The van der Waals surface area contributed by atoms with Crippen LogP contribution in [0.2, 0.25) is 0 Å². The van der Waals surface area contributed by atoms with Crippen molar-refractivity contribution in [3.8, 4) is 5.75 Å². The predicted molar refractivity (Wildman–Crippen MR) is 68.5 cm³/mol. The Morgan fingerprint density at radius 1 is 1.00 bits per heavy atom. The molecule has 0 aliphatic rings. The lowest BCUT2D eigenvalue weighted by atomic mass is 10.1. The van der Waals surface area contributed by atoms with E-state index in [1.54, 1.807) is 7.11 Å². The Kier molecular flexibility index (Phi) is 5.80. The van der Waals surface area contributed by atoms with Gasteiger partial charge in [0.25, 0.3) is 0 Å². The van der Waals surface area contributed by atoms with Crippen molar-refractivity contribution in [1.29, 1.82) is 0 Å². The van der Waals surface area contributed by atoms with Gasteiger partial charge in [0, 0.05) is 12.8 Å². The molecule has 4 nitrogen and oxygen atoms in total. The van der Waals surface area contributed by atoms with Gasteiger partial charge in [-0.05, 0) is 37.1 Å². The van der Waals surface area contributed by atoms with Crippen LogP contribution in [0.1, 0.15) is 11.1 Å². The van der Waals surface area contributed by atoms with Gasteiger partial charge in [-0.1, -0.05) is 0 Å². The summed E-state index contributed by atoms with van der Waals surface area (Å²) >= 11 is 0. The first-order chi connectivity index (χ1) is 8.15. The molecule has 0 spiro atoms. The van der Waals surface area contributed by atoms with Gasteiger partial charge in [-0.3, -0.25) is 0 Å². The molecule has 0 atom stereocenters. The fourth-order valence-electron chi connectivity index (χ4n) is 1.66. The summed E-state index contributed by atoms with van der Waals surface area (Å²) in [7, 11) is 1.65. The van der Waals surface area contributed by atoms with Crippen molar-refractivity contribution in [3.63, 3.8) is 0 Å². The maximum atomic E-state index is 5.74. The van der Waals surface area contributed by atoms with E-state index in [1.807, 2.05) is 26.0 Å². The first kappa shape index (κ1) is 13.8. The van der Waals surface area contributed by atoms with E-state index in [0.29, 0.717) is 26.4 Å². The van der Waals surface area contributed by atoms with Crippen LogP contribution >= 0.6 is 0 Å². The van der Waals surface area contributed by atoms with Gasteiger partial charge in [0.15, 0.2) is 0 Å². The van der Waals surface area contributed by atoms with E-state index in [4.69, 9.17) is 19.9 Å². The molecule has 1 aromatic carbocycles. The van der Waals surface area contributed by atoms with Crippen LogP contribution in [0.25, 0.3) is 0 Å². The minimum atomic E-state index is 0.537. The van der Waals surface area contributed by atoms with E-state index in [0.717, 1.165) is 22.6 Å². The van der Waals surface area contributed by atoms with Gasteiger partial charge in [-0.25, -0.2) is 0 Å². The summed E-state index contributed by atoms with van der Waals surface area (Å²) in [5.74, 6) is 0.898. The molecule has 0 aliphatic heterocycles. The van der Waals surface area contributed by atoms with Crippen molar-refractivity contribution in [1.82, 2.24) is 0 Å². The van der Waals surface area contributed by atoms with Gasteiger partial charge < -0.3 is 19.9 Å². The molecule has 0 amide bonds. The molecule has 1 aromatic rings. The molecule has 17 heavy (non-hydrogen) atoms. The summed E-state index contributed by atoms with van der Waals surface area (Å²) in [5.41, 5.74) is 8.62. The number of hydrogen-bond donors (Lipinski definition) is 1. The number of nitrogen functional groups attached to an aromatic ring is 1. The highest BCUT2D eigenvalue weighted by Crippen LogP contribution is 2.25. The number of ether oxygens (including phenoxy) is 3. The number of nitrogens with two attached hydrogens (primary N) is 1. The van der Waals surface area contributed by atoms with Crippen molar-refractivity contribution in [2.75, 3.05) is 39.3 Å². The molecule has 2 N–H and O–H groups in total. The molecule has 0 radical (unpaired) electrons. The van der Waals surface area contributed by atoms with Crippen molar-refractivity contribution in [2.24, 2.45) is 0 Å². The average Bonchev–Trinajstić information content (AvgIpc) is 2.26. The number of hydrogen-bond acceptors (Lipinski definition) is 4. The topological polar surface area (TPSA) is 53.7 Å². The number of methoxy groups -OCH3 is 1. The highest BCUT2D eigenvalue weighted by molar-refractivity contribution is 5.52. The Balaban J connectivity index is 2.36. The van der Waals surface area contributed by atoms with E-state index < -0.39 is 0 Å². The molecule has 0 saturated heterocycles. The quantitative estimate of drug-likeness (QED) is 0.583. The van der Waals surface area contributed by atoms with Gasteiger partial charge in [-0.15, -0.1) is 0 Å². The molecule has 0 bridgehead atoms. The number of rotatable bonds is 7. The SMILES string of the molecule is COCCOCCOc1c(C)cc(N)cc1C. The van der Waals surface area contributed by atoms with Crippen LogP contribution in [0.3, 0.4) is 0 Å². The Labute approximate surface area is 103 Å². The zero-order valence-corrected chi connectivity index (χ0v) is 10.8. The van der Waals surface area contributed by atoms with Crippen molar-refractivity contribution in [3.05, 3.63) is 23.3 Å². The molecule has 0 saturated carbocycles. The lowest BCUT2D eigenvalue weighted by molar-refractivity contribution is 0.0542. The molecule has 96 valence electrons. The standard InChI is InChI=1S/C13H21NO3/c1-10-8-12(14)9-11(2)13(10)17-7-6-16-5-4-15-3/h8-9H,4-7,14H2,1-3H3. The monoisotopic (exact) mass is 239 g/mol. The van der Waals surface area contributed by atoms with Crippen LogP contribution in [0, 0.1) is 13.8 Å². The fraction of sp³-hybridized carbons (Fsp3) is 0.538. The number of benzene rings is 1. The Morgan fingerprint density at radius 2 is 1.59 bits per heavy atom. The third-order valence-electron chi connectivity index (χ3n) is 2.39. The Hall–Kier alpha value is -1.26. The summed E-state index contributed by atoms with van der Waals surface area (Å²) in [6.45, 7) is 6.29. The molecule has 0 aromatic heterocycles. The van der Waals surface area contributed by atoms with Crippen LogP contribution in [0.5, 0.6) is 5.75 Å². The highest BCUT2D eigenvalue weighted by atomic mass is 16.5. The molecule has 4 heteroatoms. The Morgan fingerprint density at radius 3 is 2.18 bits per heavy atom. The lowest BCUT2D eigenvalue weighted by Crippen LogP contribution is -2.11. The minimum Gasteiger partial charge on any atom is -0.491 e. The fourth-order valence-corrected chi connectivity index (χ4v) is 1.66. The molecule has 0 aliphatic carbocycles. The molecule has 0 heterocycles. The van der Waals surface area contributed by atoms with Crippen LogP contribution in [-0.4, -0.2) is 33.5 Å². The number of aryl methyl sites for hydroxylation is 2. The van der Waals surface area contributed by atoms with Crippen molar-refractivity contribution >= 4 is 5.69 Å². The van der Waals surface area contributed by atoms with Gasteiger partial charge in [0.1, 0.15) is 12.4 Å². The van der Waals surface area contributed by atoms with E-state index in [9.17, 15) is 0 Å². The normalized spacial score (nSPS) is 10.5. The third-order valence-corrected chi connectivity index (χ3v) is 2.39. The highest BCUT2D eigenvalue weighted by Gasteiger charge is 2.04. The summed E-state index contributed by atoms with van der Waals surface area (Å²) in [6, 6.07) is 3.82. The molecule has 0 fully saturated rings. The van der Waals surface area contributed by atoms with E-state index in [-0.39, 0.29) is 0 Å². The van der Waals surface area contributed by atoms with Crippen LogP contribution in [-0.2, 0) is 9.47 Å². The molecule has 1 rings (SSSR count). The molecule has 0 unspecified atom stereocenters. The largest absolute Gasteiger partial charge is 0.491 e. The average molecular weight is 239 g/mol. The second-order valence-electron chi connectivity index (χ2n) is 3.94. The lowest BCUT2D eigenvalue weighted by Gasteiger charge is -2.13. The summed E-state index contributed by atoms with van der Waals surface area (Å²) in [5, 5.41) is 0. The molecular formula is C13H21NO3. The zero-order chi connectivity index (χ0) is 12.7. The zero-order valence-electron chi connectivity index (χ0n) is 10.8. The maximum Gasteiger partial charge on any atom is 0.125 e. The van der Waals surface area contributed by atoms with Crippen LogP contribution in [0.15, 0.2) is 12.1 Å². The smallest absolute Gasteiger partial charge is 0.125 e. The third kappa shape index (κ3) is 4.63. The van der Waals surface area contributed by atoms with Crippen LogP contribution < -0.4 is 10.5 Å². The predicted octanol–water partition coefficient (Wildman–Crippen LogP) is 1.93. The van der Waals surface area contributed by atoms with Crippen molar-refractivity contribution < 1.29 is 14.2 Å². The first-order valence-electron chi connectivity index (χ1n) is 5.71. The first-order valence-corrected chi connectivity index (χ1v) is 5.71. The summed E-state index contributed by atoms with van der Waals surface area (Å²) < 4.78 is 15.9. The van der Waals surface area contributed by atoms with Crippen molar-refractivity contribution in [2.45, 2.75) is 13.8 Å². The van der Waals surface area contributed by atoms with Gasteiger partial charge in [-0.2, -0.15) is 0 Å². The van der Waals surface area contributed by atoms with Crippen LogP contribution in [0.4, 0.5) is 5.69 Å². The van der Waals surface area contributed by atoms with Gasteiger partial charge in [0.2, 0.25) is 0 Å². The Bertz CT molecular complexity index is 330. The summed E-state index contributed by atoms with van der Waals surface area (Å²) in [4.78, 5) is 0. The van der Waals surface area contributed by atoms with E-state index >= 15 is 0 Å². The maximum absolute atomic E-state index is 5.74. The van der Waals surface area contributed by atoms with Gasteiger partial charge >= 0.3 is 0 Å². The minimum absolute atomic E-state index is 0.537. The summed E-state index contributed by atoms with van der Waals surface area (Å²) in [6.07, 6.45) is 0. The van der Waals surface area contributed by atoms with Gasteiger partial charge in [0.05, 0.1) is 19.8 Å². The number of anilines is 1. The second kappa shape index (κ2) is 7.14. The van der Waals surface area contributed by atoms with E-state index in [2.05, 4.69) is 0 Å².